The monoisotopic (exact) mass is 472 g/mol. The summed E-state index contributed by atoms with van der Waals surface area (Å²) in [6.07, 6.45) is 0.556. The Morgan fingerprint density at radius 1 is 1.09 bits per heavy atom. The molecule has 1 aliphatic heterocycles. The van der Waals surface area contributed by atoms with Gasteiger partial charge in [-0.05, 0) is 54.8 Å². The van der Waals surface area contributed by atoms with Crippen LogP contribution in [0.4, 0.5) is 21.6 Å². The van der Waals surface area contributed by atoms with Crippen molar-refractivity contribution in [1.29, 1.82) is 0 Å². The molecule has 1 aliphatic rings. The fourth-order valence-electron chi connectivity index (χ4n) is 4.09. The molecule has 0 bridgehead atoms. The zero-order valence-corrected chi connectivity index (χ0v) is 19.2. The van der Waals surface area contributed by atoms with Gasteiger partial charge in [-0.15, -0.1) is 11.3 Å². The number of carbonyl (C=O) groups excluding carboxylic acids is 2. The van der Waals surface area contributed by atoms with Crippen LogP contribution in [-0.4, -0.2) is 23.3 Å². The van der Waals surface area contributed by atoms with E-state index in [1.807, 2.05) is 30.3 Å². The predicted octanol–water partition coefficient (Wildman–Crippen LogP) is 5.30. The molecule has 34 heavy (non-hydrogen) atoms. The first-order valence-corrected chi connectivity index (χ1v) is 11.6. The smallest absolute Gasteiger partial charge is 0.276 e. The number of aromatic nitrogens is 1. The first-order valence-electron chi connectivity index (χ1n) is 10.8. The zero-order valence-electron chi connectivity index (χ0n) is 18.3. The largest absolute Gasteiger partial charge is 0.384 e. The molecule has 3 N–H and O–H groups in total. The van der Waals surface area contributed by atoms with Gasteiger partial charge >= 0.3 is 0 Å². The van der Waals surface area contributed by atoms with Gasteiger partial charge < -0.3 is 16.0 Å². The number of pyridine rings is 1. The fourth-order valence-corrected chi connectivity index (χ4v) is 5.23. The molecule has 0 saturated carbocycles. The van der Waals surface area contributed by atoms with Crippen molar-refractivity contribution in [1.82, 2.24) is 4.98 Å². The van der Waals surface area contributed by atoms with Crippen LogP contribution in [0.1, 0.15) is 31.3 Å². The Morgan fingerprint density at radius 2 is 1.88 bits per heavy atom. The summed E-state index contributed by atoms with van der Waals surface area (Å²) in [6, 6.07) is 19.1. The number of para-hydroxylation sites is 2. The first-order chi connectivity index (χ1) is 16.4. The summed E-state index contributed by atoms with van der Waals surface area (Å²) < 4.78 is 14.2. The van der Waals surface area contributed by atoms with Gasteiger partial charge in [-0.1, -0.05) is 36.4 Å². The van der Waals surface area contributed by atoms with E-state index in [0.717, 1.165) is 21.7 Å². The Bertz CT molecular complexity index is 1410. The van der Waals surface area contributed by atoms with Crippen molar-refractivity contribution in [3.63, 3.8) is 0 Å². The van der Waals surface area contributed by atoms with Crippen molar-refractivity contribution in [2.75, 3.05) is 22.5 Å². The minimum atomic E-state index is -0.471. The second-order valence-corrected chi connectivity index (χ2v) is 9.07. The Balaban J connectivity index is 1.49. The van der Waals surface area contributed by atoms with E-state index in [4.69, 9.17) is 5.73 Å². The number of fused-ring (bicyclic) bond motifs is 3. The number of nitrogens with zero attached hydrogens (tertiary/aromatic N) is 2. The molecule has 0 fully saturated rings. The average Bonchev–Trinajstić information content (AvgIpc) is 3.19. The van der Waals surface area contributed by atoms with Gasteiger partial charge in [0.05, 0.1) is 16.3 Å². The molecule has 6 nitrogen and oxygen atoms in total. The molecule has 2 amide bonds. The van der Waals surface area contributed by atoms with Crippen molar-refractivity contribution in [2.45, 2.75) is 13.3 Å². The second kappa shape index (κ2) is 8.72. The van der Waals surface area contributed by atoms with Crippen molar-refractivity contribution in [3.8, 4) is 10.4 Å². The molecule has 8 heteroatoms. The van der Waals surface area contributed by atoms with Crippen LogP contribution >= 0.6 is 11.3 Å². The van der Waals surface area contributed by atoms with Crippen LogP contribution in [0.2, 0.25) is 0 Å². The van der Waals surface area contributed by atoms with Crippen LogP contribution in [0.15, 0.2) is 66.7 Å². The Morgan fingerprint density at radius 3 is 2.68 bits per heavy atom. The van der Waals surface area contributed by atoms with Crippen LogP contribution < -0.4 is 16.0 Å². The highest BCUT2D eigenvalue weighted by molar-refractivity contribution is 7.17. The van der Waals surface area contributed by atoms with E-state index in [9.17, 15) is 14.0 Å². The van der Waals surface area contributed by atoms with Crippen molar-refractivity contribution < 1.29 is 14.0 Å². The molecule has 2 aromatic carbocycles. The summed E-state index contributed by atoms with van der Waals surface area (Å²) in [5.74, 6) is -0.779. The van der Waals surface area contributed by atoms with E-state index in [0.29, 0.717) is 23.4 Å². The highest BCUT2D eigenvalue weighted by Gasteiger charge is 2.28. The van der Waals surface area contributed by atoms with Crippen LogP contribution in [0.25, 0.3) is 10.4 Å². The maximum atomic E-state index is 14.2. The Hall–Kier alpha value is -4.04. The van der Waals surface area contributed by atoms with Crippen molar-refractivity contribution in [2.24, 2.45) is 0 Å². The topological polar surface area (TPSA) is 88.3 Å². The number of nitrogens with two attached hydrogens (primary N) is 1. The van der Waals surface area contributed by atoms with Gasteiger partial charge in [0.25, 0.3) is 11.8 Å². The molecule has 5 rings (SSSR count). The normalized spacial score (nSPS) is 12.5. The number of nitrogens with one attached hydrogen (secondary N) is 1. The number of nitrogen functional groups attached to an aromatic ring is 1. The predicted molar refractivity (Wildman–Crippen MR) is 133 cm³/mol. The molecular formula is C26H21FN4O2S. The quantitative estimate of drug-likeness (QED) is 0.424. The lowest BCUT2D eigenvalue weighted by molar-refractivity contribution is 0.0981. The van der Waals surface area contributed by atoms with E-state index >= 15 is 0 Å². The van der Waals surface area contributed by atoms with Gasteiger partial charge in [-0.25, -0.2) is 9.37 Å². The number of thiophene rings is 1. The third kappa shape index (κ3) is 3.92. The fraction of sp³-hybridized carbons (Fsp3) is 0.115. The summed E-state index contributed by atoms with van der Waals surface area (Å²) >= 11 is 1.33. The van der Waals surface area contributed by atoms with Crippen molar-refractivity contribution in [3.05, 3.63) is 94.2 Å². The number of carbonyl (C=O) groups is 2. The van der Waals surface area contributed by atoms with Gasteiger partial charge in [0, 0.05) is 17.0 Å². The Labute approximate surface area is 199 Å². The van der Waals surface area contributed by atoms with E-state index in [2.05, 4.69) is 10.3 Å². The van der Waals surface area contributed by atoms with Crippen LogP contribution in [0, 0.1) is 12.7 Å². The molecule has 0 aliphatic carbocycles. The lowest BCUT2D eigenvalue weighted by Crippen LogP contribution is -2.33. The minimum Gasteiger partial charge on any atom is -0.384 e. The average molecular weight is 473 g/mol. The number of halogens is 1. The van der Waals surface area contributed by atoms with E-state index < -0.39 is 5.82 Å². The number of hydrogen-bond donors (Lipinski definition) is 2. The molecular weight excluding hydrogens is 451 g/mol. The van der Waals surface area contributed by atoms with Gasteiger partial charge in [-0.3, -0.25) is 9.59 Å². The number of amides is 2. The maximum absolute atomic E-state index is 14.2. The molecule has 0 atom stereocenters. The third-order valence-corrected chi connectivity index (χ3v) is 6.98. The number of aryl methyl sites for hydroxylation is 1. The molecule has 3 heterocycles. The number of hydrogen-bond acceptors (Lipinski definition) is 5. The highest BCUT2D eigenvalue weighted by atomic mass is 32.1. The maximum Gasteiger partial charge on any atom is 0.276 e. The number of rotatable bonds is 3. The van der Waals surface area contributed by atoms with E-state index in [1.54, 1.807) is 42.2 Å². The SMILES string of the molecule is Cc1cccc(F)c1NC(=O)c1cc2c(s1)-c1ccccc1N(C(=O)c1cccc(N)n1)CC2. The lowest BCUT2D eigenvalue weighted by atomic mass is 10.1. The number of anilines is 3. The van der Waals surface area contributed by atoms with Crippen LogP contribution in [0.3, 0.4) is 0 Å². The second-order valence-electron chi connectivity index (χ2n) is 8.02. The molecule has 0 spiro atoms. The number of benzene rings is 2. The molecule has 170 valence electrons. The van der Waals surface area contributed by atoms with Gasteiger partial charge in [0.1, 0.15) is 17.3 Å². The molecule has 4 aromatic rings. The summed E-state index contributed by atoms with van der Waals surface area (Å²) in [5, 5.41) is 2.71. The van der Waals surface area contributed by atoms with Crippen LogP contribution in [-0.2, 0) is 6.42 Å². The van der Waals surface area contributed by atoms with Crippen LogP contribution in [0.5, 0.6) is 0 Å². The Kier molecular flexibility index (Phi) is 5.59. The summed E-state index contributed by atoms with van der Waals surface area (Å²) in [4.78, 5) is 33.6. The zero-order chi connectivity index (χ0) is 23.8. The highest BCUT2D eigenvalue weighted by Crippen LogP contribution is 2.42. The molecule has 0 unspecified atom stereocenters. The van der Waals surface area contributed by atoms with E-state index in [1.165, 1.54) is 17.4 Å². The summed E-state index contributed by atoms with van der Waals surface area (Å²) in [7, 11) is 0. The van der Waals surface area contributed by atoms with Gasteiger partial charge in [0.2, 0.25) is 0 Å². The molecule has 0 saturated heterocycles. The van der Waals surface area contributed by atoms with Crippen molar-refractivity contribution >= 4 is 40.3 Å². The first kappa shape index (κ1) is 21.8. The standard InChI is InChI=1S/C26H21FN4O2S/c1-15-6-4-8-18(27)23(15)30-25(32)21-14-16-12-13-31(26(33)19-9-5-11-22(28)29-19)20-10-3-2-7-17(20)24(16)34-21/h2-11,14H,12-13H2,1H3,(H2,28,29)(H,30,32). The minimum absolute atomic E-state index is 0.183. The summed E-state index contributed by atoms with van der Waals surface area (Å²) in [6.45, 7) is 2.17. The summed E-state index contributed by atoms with van der Waals surface area (Å²) in [5.41, 5.74) is 9.46. The van der Waals surface area contributed by atoms with E-state index in [-0.39, 0.29) is 29.0 Å². The van der Waals surface area contributed by atoms with Gasteiger partial charge in [-0.2, -0.15) is 0 Å². The molecule has 2 aromatic heterocycles. The molecule has 0 radical (unpaired) electrons. The lowest BCUT2D eigenvalue weighted by Gasteiger charge is -2.22. The third-order valence-electron chi connectivity index (χ3n) is 5.77. The van der Waals surface area contributed by atoms with Gasteiger partial charge in [0.15, 0.2) is 0 Å².